The lowest BCUT2D eigenvalue weighted by atomic mass is 10.3. The first-order chi connectivity index (χ1) is 9.65. The molecular weight excluding hydrogens is 284 g/mol. The fraction of sp³-hybridized carbons (Fsp3) is 0.615. The molecule has 3 atom stereocenters. The predicted octanol–water partition coefficient (Wildman–Crippen LogP) is -0.678. The summed E-state index contributed by atoms with van der Waals surface area (Å²) in [6.45, 7) is 6.42. The fourth-order valence-electron chi connectivity index (χ4n) is 0.966. The zero-order valence-electron chi connectivity index (χ0n) is 12.2. The number of ether oxygens (including phenoxy) is 3. The van der Waals surface area contributed by atoms with Gasteiger partial charge in [0, 0.05) is 5.57 Å². The van der Waals surface area contributed by atoms with Crippen molar-refractivity contribution in [1.82, 2.24) is 0 Å². The number of hydrogen-bond acceptors (Lipinski definition) is 8. The summed E-state index contributed by atoms with van der Waals surface area (Å²) < 4.78 is 14.3. The number of esters is 3. The number of hydrogen-bond donors (Lipinski definition) is 2. The van der Waals surface area contributed by atoms with Crippen LogP contribution in [-0.4, -0.2) is 59.6 Å². The molecule has 0 amide bonds. The highest BCUT2D eigenvalue weighted by atomic mass is 16.6. The first-order valence-corrected chi connectivity index (χ1v) is 6.21. The minimum absolute atomic E-state index is 0.150. The Kier molecular flexibility index (Phi) is 8.25. The molecule has 0 aromatic carbocycles. The van der Waals surface area contributed by atoms with E-state index in [0.29, 0.717) is 0 Å². The topological polar surface area (TPSA) is 119 Å². The molecule has 0 heterocycles. The zero-order chi connectivity index (χ0) is 16.6. The van der Waals surface area contributed by atoms with Crippen LogP contribution in [0.4, 0.5) is 0 Å². The van der Waals surface area contributed by atoms with Crippen molar-refractivity contribution in [2.24, 2.45) is 0 Å². The Morgan fingerprint density at radius 1 is 1.00 bits per heavy atom. The van der Waals surface area contributed by atoms with E-state index in [9.17, 15) is 14.4 Å². The van der Waals surface area contributed by atoms with Crippen LogP contribution < -0.4 is 0 Å². The molecule has 0 saturated heterocycles. The summed E-state index contributed by atoms with van der Waals surface area (Å²) in [6.07, 6.45) is -3.81. The molecule has 3 unspecified atom stereocenters. The smallest absolute Gasteiger partial charge is 0.335 e. The van der Waals surface area contributed by atoms with E-state index >= 15 is 0 Å². The third-order valence-corrected chi connectivity index (χ3v) is 2.13. The van der Waals surface area contributed by atoms with E-state index in [0.717, 1.165) is 0 Å². The summed E-state index contributed by atoms with van der Waals surface area (Å²) in [5.74, 6) is -2.58. The van der Waals surface area contributed by atoms with Crippen LogP contribution >= 0.6 is 0 Å². The van der Waals surface area contributed by atoms with Gasteiger partial charge < -0.3 is 24.4 Å². The van der Waals surface area contributed by atoms with E-state index in [1.807, 2.05) is 0 Å². The van der Waals surface area contributed by atoms with Crippen LogP contribution in [0.25, 0.3) is 0 Å². The first-order valence-electron chi connectivity index (χ1n) is 6.21. The SMILES string of the molecule is C=C(C)C(=O)OCC(COC(=O)C(C)O)OC(=O)C(C)O. The molecular formula is C13H20O8. The van der Waals surface area contributed by atoms with Crippen LogP contribution in [0.2, 0.25) is 0 Å². The van der Waals surface area contributed by atoms with E-state index in [2.05, 4.69) is 11.3 Å². The van der Waals surface area contributed by atoms with E-state index in [4.69, 9.17) is 19.7 Å². The van der Waals surface area contributed by atoms with Gasteiger partial charge in [-0.1, -0.05) is 6.58 Å². The van der Waals surface area contributed by atoms with E-state index in [1.54, 1.807) is 0 Å². The van der Waals surface area contributed by atoms with Crippen molar-refractivity contribution < 1.29 is 38.8 Å². The number of rotatable bonds is 8. The van der Waals surface area contributed by atoms with Gasteiger partial charge in [-0.3, -0.25) is 0 Å². The van der Waals surface area contributed by atoms with Crippen LogP contribution in [0.15, 0.2) is 12.2 Å². The second-order valence-corrected chi connectivity index (χ2v) is 4.42. The second kappa shape index (κ2) is 9.09. The highest BCUT2D eigenvalue weighted by Crippen LogP contribution is 2.02. The van der Waals surface area contributed by atoms with Gasteiger partial charge >= 0.3 is 17.9 Å². The van der Waals surface area contributed by atoms with Crippen LogP contribution in [0, 0.1) is 0 Å². The summed E-state index contributed by atoms with van der Waals surface area (Å²) in [5, 5.41) is 18.0. The quantitative estimate of drug-likeness (QED) is 0.344. The first kappa shape index (κ1) is 19.1. The molecule has 0 bridgehead atoms. The Hall–Kier alpha value is -1.93. The summed E-state index contributed by atoms with van der Waals surface area (Å²) in [5.41, 5.74) is 0.150. The van der Waals surface area contributed by atoms with Crippen molar-refractivity contribution in [2.75, 3.05) is 13.2 Å². The lowest BCUT2D eigenvalue weighted by molar-refractivity contribution is -0.173. The van der Waals surface area contributed by atoms with Gasteiger partial charge in [-0.15, -0.1) is 0 Å². The van der Waals surface area contributed by atoms with Crippen molar-refractivity contribution in [3.05, 3.63) is 12.2 Å². The third kappa shape index (κ3) is 8.05. The summed E-state index contributed by atoms with van der Waals surface area (Å²) >= 11 is 0. The lowest BCUT2D eigenvalue weighted by Gasteiger charge is -2.19. The van der Waals surface area contributed by atoms with Crippen LogP contribution in [-0.2, 0) is 28.6 Å². The number of aliphatic hydroxyl groups is 2. The van der Waals surface area contributed by atoms with E-state index < -0.39 is 42.8 Å². The van der Waals surface area contributed by atoms with Crippen molar-refractivity contribution in [2.45, 2.75) is 39.1 Å². The van der Waals surface area contributed by atoms with Gasteiger partial charge in [0.25, 0.3) is 0 Å². The summed E-state index contributed by atoms with van der Waals surface area (Å²) in [6, 6.07) is 0. The van der Waals surface area contributed by atoms with Gasteiger partial charge in [0.15, 0.2) is 6.10 Å². The van der Waals surface area contributed by atoms with Crippen molar-refractivity contribution in [1.29, 1.82) is 0 Å². The minimum atomic E-state index is -1.38. The lowest BCUT2D eigenvalue weighted by Crippen LogP contribution is -2.35. The molecule has 0 radical (unpaired) electrons. The third-order valence-electron chi connectivity index (χ3n) is 2.13. The highest BCUT2D eigenvalue weighted by Gasteiger charge is 2.22. The monoisotopic (exact) mass is 304 g/mol. The van der Waals surface area contributed by atoms with Gasteiger partial charge in [0.1, 0.15) is 25.4 Å². The van der Waals surface area contributed by atoms with E-state index in [1.165, 1.54) is 20.8 Å². The number of aliphatic hydroxyl groups excluding tert-OH is 2. The number of carbonyl (C=O) groups is 3. The minimum Gasteiger partial charge on any atom is -0.460 e. The molecule has 0 aliphatic heterocycles. The highest BCUT2D eigenvalue weighted by molar-refractivity contribution is 5.86. The van der Waals surface area contributed by atoms with Crippen LogP contribution in [0.5, 0.6) is 0 Å². The molecule has 0 aromatic heterocycles. The van der Waals surface area contributed by atoms with Gasteiger partial charge in [0.2, 0.25) is 0 Å². The Labute approximate surface area is 122 Å². The maximum absolute atomic E-state index is 11.3. The second-order valence-electron chi connectivity index (χ2n) is 4.42. The Bertz CT molecular complexity index is 399. The van der Waals surface area contributed by atoms with Crippen molar-refractivity contribution in [3.63, 3.8) is 0 Å². The van der Waals surface area contributed by atoms with Crippen molar-refractivity contribution >= 4 is 17.9 Å². The summed E-state index contributed by atoms with van der Waals surface area (Å²) in [7, 11) is 0. The molecule has 0 aliphatic rings. The van der Waals surface area contributed by atoms with Gasteiger partial charge in [-0.05, 0) is 20.8 Å². The predicted molar refractivity (Wildman–Crippen MR) is 70.0 cm³/mol. The Balaban J connectivity index is 4.54. The van der Waals surface area contributed by atoms with E-state index in [-0.39, 0.29) is 12.2 Å². The molecule has 120 valence electrons. The molecule has 0 saturated carbocycles. The number of carbonyl (C=O) groups excluding carboxylic acids is 3. The van der Waals surface area contributed by atoms with Gasteiger partial charge in [-0.25, -0.2) is 14.4 Å². The maximum atomic E-state index is 11.3. The van der Waals surface area contributed by atoms with Crippen LogP contribution in [0.3, 0.4) is 0 Å². The van der Waals surface area contributed by atoms with Gasteiger partial charge in [0.05, 0.1) is 0 Å². The molecule has 0 aliphatic carbocycles. The fourth-order valence-corrected chi connectivity index (χ4v) is 0.966. The average molecular weight is 304 g/mol. The molecule has 8 heteroatoms. The Morgan fingerprint density at radius 3 is 1.90 bits per heavy atom. The summed E-state index contributed by atoms with van der Waals surface area (Å²) in [4.78, 5) is 33.7. The normalized spacial score (nSPS) is 14.5. The van der Waals surface area contributed by atoms with Gasteiger partial charge in [-0.2, -0.15) is 0 Å². The molecule has 0 fully saturated rings. The standard InChI is InChI=1S/C13H20O8/c1-7(2)11(16)19-5-10(21-13(18)9(4)15)6-20-12(17)8(3)14/h8-10,14-15H,1,5-6H2,2-4H3. The average Bonchev–Trinajstić information content (AvgIpc) is 2.40. The zero-order valence-corrected chi connectivity index (χ0v) is 12.2. The molecule has 0 rings (SSSR count). The van der Waals surface area contributed by atoms with Crippen LogP contribution in [0.1, 0.15) is 20.8 Å². The molecule has 2 N–H and O–H groups in total. The molecule has 8 nitrogen and oxygen atoms in total. The largest absolute Gasteiger partial charge is 0.460 e. The maximum Gasteiger partial charge on any atom is 0.335 e. The molecule has 0 spiro atoms. The Morgan fingerprint density at radius 2 is 1.48 bits per heavy atom. The van der Waals surface area contributed by atoms with Crippen molar-refractivity contribution in [3.8, 4) is 0 Å². The molecule has 21 heavy (non-hydrogen) atoms. The molecule has 0 aromatic rings.